The van der Waals surface area contributed by atoms with E-state index in [2.05, 4.69) is 29.2 Å². The van der Waals surface area contributed by atoms with Crippen molar-refractivity contribution in [3.63, 3.8) is 0 Å². The van der Waals surface area contributed by atoms with Crippen LogP contribution in [0, 0.1) is 0 Å². The van der Waals surface area contributed by atoms with Gasteiger partial charge < -0.3 is 4.74 Å². The SMILES string of the molecule is COc1ccc(CN2CC3=C(C2)C(=O)C(c2ccccc2)C3)cc1. The second-order valence-corrected chi connectivity index (χ2v) is 6.61. The van der Waals surface area contributed by atoms with E-state index < -0.39 is 0 Å². The van der Waals surface area contributed by atoms with Gasteiger partial charge in [0.1, 0.15) is 5.75 Å². The molecule has 1 unspecified atom stereocenters. The standard InChI is InChI=1S/C21H21NO2/c1-24-18-9-7-15(8-10-18)12-22-13-17-11-19(21(23)20(17)14-22)16-5-3-2-4-6-16/h2-10,19H,11-14H2,1H3. The Bertz CT molecular complexity index is 777. The maximum atomic E-state index is 12.8. The first-order chi connectivity index (χ1) is 11.7. The molecule has 2 aromatic rings. The average molecular weight is 319 g/mol. The predicted octanol–water partition coefficient (Wildman–Crippen LogP) is 3.56. The van der Waals surface area contributed by atoms with Crippen LogP contribution in [0.5, 0.6) is 5.75 Å². The monoisotopic (exact) mass is 319 g/mol. The van der Waals surface area contributed by atoms with Gasteiger partial charge >= 0.3 is 0 Å². The van der Waals surface area contributed by atoms with Crippen LogP contribution in [0.15, 0.2) is 65.7 Å². The van der Waals surface area contributed by atoms with Crippen LogP contribution in [0.2, 0.25) is 0 Å². The van der Waals surface area contributed by atoms with Crippen molar-refractivity contribution in [1.82, 2.24) is 4.90 Å². The van der Waals surface area contributed by atoms with E-state index in [1.54, 1.807) is 7.11 Å². The van der Waals surface area contributed by atoms with Crippen molar-refractivity contribution >= 4 is 5.78 Å². The van der Waals surface area contributed by atoms with Crippen LogP contribution in [0.4, 0.5) is 0 Å². The van der Waals surface area contributed by atoms with Crippen LogP contribution in [0.1, 0.15) is 23.5 Å². The van der Waals surface area contributed by atoms with Gasteiger partial charge in [-0.3, -0.25) is 9.69 Å². The smallest absolute Gasteiger partial charge is 0.167 e. The second-order valence-electron chi connectivity index (χ2n) is 6.61. The molecule has 2 aliphatic rings. The zero-order valence-electron chi connectivity index (χ0n) is 13.9. The van der Waals surface area contributed by atoms with Gasteiger partial charge in [-0.15, -0.1) is 0 Å². The van der Waals surface area contributed by atoms with Crippen LogP contribution in [-0.2, 0) is 11.3 Å². The first-order valence-corrected chi connectivity index (χ1v) is 8.40. The van der Waals surface area contributed by atoms with Gasteiger partial charge in [-0.05, 0) is 35.3 Å². The summed E-state index contributed by atoms with van der Waals surface area (Å²) >= 11 is 0. The summed E-state index contributed by atoms with van der Waals surface area (Å²) in [7, 11) is 1.68. The minimum absolute atomic E-state index is 0.0411. The van der Waals surface area contributed by atoms with Crippen molar-refractivity contribution in [2.45, 2.75) is 18.9 Å². The molecule has 0 amide bonds. The molecule has 1 atom stereocenters. The summed E-state index contributed by atoms with van der Waals surface area (Å²) in [5.41, 5.74) is 4.79. The Morgan fingerprint density at radius 3 is 2.46 bits per heavy atom. The zero-order chi connectivity index (χ0) is 16.5. The van der Waals surface area contributed by atoms with Gasteiger partial charge in [-0.2, -0.15) is 0 Å². The number of ether oxygens (including phenoxy) is 1. The molecule has 122 valence electrons. The third-order valence-electron chi connectivity index (χ3n) is 5.05. The summed E-state index contributed by atoms with van der Waals surface area (Å²) in [6.45, 7) is 2.57. The Balaban J connectivity index is 1.41. The molecule has 0 N–H and O–H groups in total. The maximum Gasteiger partial charge on any atom is 0.167 e. The molecule has 0 spiro atoms. The van der Waals surface area contributed by atoms with E-state index in [0.717, 1.165) is 42.9 Å². The van der Waals surface area contributed by atoms with Crippen molar-refractivity contribution < 1.29 is 9.53 Å². The number of benzene rings is 2. The summed E-state index contributed by atoms with van der Waals surface area (Å²) in [4.78, 5) is 15.1. The molecule has 0 radical (unpaired) electrons. The number of hydrogen-bond acceptors (Lipinski definition) is 3. The first kappa shape index (κ1) is 15.2. The fourth-order valence-corrected chi connectivity index (χ4v) is 3.80. The average Bonchev–Trinajstić information content (AvgIpc) is 3.15. The van der Waals surface area contributed by atoms with Gasteiger partial charge in [-0.25, -0.2) is 0 Å². The molecule has 1 aliphatic heterocycles. The molecular weight excluding hydrogens is 298 g/mol. The Kier molecular flexibility index (Phi) is 3.95. The van der Waals surface area contributed by atoms with Gasteiger partial charge in [0.15, 0.2) is 5.78 Å². The third-order valence-corrected chi connectivity index (χ3v) is 5.05. The molecule has 0 fully saturated rings. The molecule has 0 bridgehead atoms. The highest BCUT2D eigenvalue weighted by Crippen LogP contribution is 2.39. The van der Waals surface area contributed by atoms with Crippen molar-refractivity contribution in [2.75, 3.05) is 20.2 Å². The van der Waals surface area contributed by atoms with Gasteiger partial charge in [0.05, 0.1) is 13.0 Å². The number of nitrogens with zero attached hydrogens (tertiary/aromatic N) is 1. The second kappa shape index (κ2) is 6.25. The van der Waals surface area contributed by atoms with Crippen molar-refractivity contribution in [3.8, 4) is 5.75 Å². The highest BCUT2D eigenvalue weighted by molar-refractivity contribution is 6.04. The lowest BCUT2D eigenvalue weighted by Gasteiger charge is -2.20. The van der Waals surface area contributed by atoms with Gasteiger partial charge in [0.25, 0.3) is 0 Å². The van der Waals surface area contributed by atoms with E-state index in [0.29, 0.717) is 5.78 Å². The van der Waals surface area contributed by atoms with E-state index in [1.165, 1.54) is 11.1 Å². The number of likely N-dealkylation sites (tertiary alicyclic amines) is 1. The highest BCUT2D eigenvalue weighted by Gasteiger charge is 2.38. The fourth-order valence-electron chi connectivity index (χ4n) is 3.80. The van der Waals surface area contributed by atoms with Gasteiger partial charge in [0, 0.05) is 25.2 Å². The minimum atomic E-state index is 0.0411. The van der Waals surface area contributed by atoms with Crippen LogP contribution in [0.3, 0.4) is 0 Å². The topological polar surface area (TPSA) is 29.5 Å². The molecule has 4 rings (SSSR count). The molecular formula is C21H21NO2. The summed E-state index contributed by atoms with van der Waals surface area (Å²) in [5.74, 6) is 1.24. The quantitative estimate of drug-likeness (QED) is 0.863. The van der Waals surface area contributed by atoms with E-state index in [9.17, 15) is 4.79 Å². The van der Waals surface area contributed by atoms with Crippen molar-refractivity contribution in [1.29, 1.82) is 0 Å². The Morgan fingerprint density at radius 2 is 1.79 bits per heavy atom. The number of carbonyl (C=O) groups excluding carboxylic acids is 1. The summed E-state index contributed by atoms with van der Waals surface area (Å²) in [6, 6.07) is 18.3. The highest BCUT2D eigenvalue weighted by atomic mass is 16.5. The van der Waals surface area contributed by atoms with Gasteiger partial charge in [0.2, 0.25) is 0 Å². The predicted molar refractivity (Wildman–Crippen MR) is 94.1 cm³/mol. The third kappa shape index (κ3) is 2.76. The molecule has 0 aromatic heterocycles. The maximum absolute atomic E-state index is 12.8. The van der Waals surface area contributed by atoms with E-state index in [-0.39, 0.29) is 5.92 Å². The number of carbonyl (C=O) groups is 1. The number of hydrogen-bond donors (Lipinski definition) is 0. The van der Waals surface area contributed by atoms with Gasteiger partial charge in [-0.1, -0.05) is 42.5 Å². The lowest BCUT2D eigenvalue weighted by molar-refractivity contribution is -0.116. The molecule has 1 aliphatic carbocycles. The number of rotatable bonds is 4. The molecule has 1 heterocycles. The van der Waals surface area contributed by atoms with Crippen molar-refractivity contribution in [3.05, 3.63) is 76.9 Å². The lowest BCUT2D eigenvalue weighted by atomic mass is 9.93. The number of methoxy groups -OCH3 is 1. The molecule has 2 aromatic carbocycles. The van der Waals surface area contributed by atoms with E-state index in [4.69, 9.17) is 4.74 Å². The van der Waals surface area contributed by atoms with E-state index in [1.807, 2.05) is 30.3 Å². The van der Waals surface area contributed by atoms with Crippen LogP contribution >= 0.6 is 0 Å². The molecule has 24 heavy (non-hydrogen) atoms. The lowest BCUT2D eigenvalue weighted by Crippen LogP contribution is -2.25. The minimum Gasteiger partial charge on any atom is -0.497 e. The zero-order valence-corrected chi connectivity index (χ0v) is 13.9. The molecule has 0 saturated carbocycles. The summed E-state index contributed by atoms with van der Waals surface area (Å²) in [6.07, 6.45) is 0.886. The van der Waals surface area contributed by atoms with Crippen LogP contribution in [0.25, 0.3) is 0 Å². The summed E-state index contributed by atoms with van der Waals surface area (Å²) in [5, 5.41) is 0. The molecule has 3 nitrogen and oxygen atoms in total. The Hall–Kier alpha value is -2.39. The molecule has 3 heteroatoms. The first-order valence-electron chi connectivity index (χ1n) is 8.40. The number of ketones is 1. The Morgan fingerprint density at radius 1 is 1.04 bits per heavy atom. The summed E-state index contributed by atoms with van der Waals surface area (Å²) < 4.78 is 5.20. The normalized spacial score (nSPS) is 20.5. The van der Waals surface area contributed by atoms with Crippen LogP contribution < -0.4 is 4.74 Å². The number of Topliss-reactive ketones (excluding diaryl/α,β-unsaturated/α-hetero) is 1. The Labute approximate surface area is 142 Å². The largest absolute Gasteiger partial charge is 0.497 e. The van der Waals surface area contributed by atoms with Crippen molar-refractivity contribution in [2.24, 2.45) is 0 Å². The van der Waals surface area contributed by atoms with E-state index >= 15 is 0 Å². The molecule has 0 saturated heterocycles. The fraction of sp³-hybridized carbons (Fsp3) is 0.286. The van der Waals surface area contributed by atoms with Crippen LogP contribution in [-0.4, -0.2) is 30.9 Å².